The fourth-order valence-electron chi connectivity index (χ4n) is 6.50. The van der Waals surface area contributed by atoms with Gasteiger partial charge in [0.2, 0.25) is 0 Å². The summed E-state index contributed by atoms with van der Waals surface area (Å²) in [5.41, 5.74) is 0. The van der Waals surface area contributed by atoms with Crippen molar-refractivity contribution < 1.29 is 6.91 Å². The Labute approximate surface area is 270 Å². The number of hydrogen-bond acceptors (Lipinski definition) is 2. The van der Waals surface area contributed by atoms with E-state index in [0.717, 1.165) is 0 Å². The summed E-state index contributed by atoms with van der Waals surface area (Å²) < 4.78 is 14.8. The van der Waals surface area contributed by atoms with Crippen molar-refractivity contribution in [3.05, 3.63) is 0 Å². The molecule has 0 saturated carbocycles. The molecule has 0 atom stereocenters. The number of unbranched alkanes of at least 4 members (excludes halogenated alkanes) is 18. The van der Waals surface area contributed by atoms with Crippen LogP contribution in [0, 0.1) is 0 Å². The van der Waals surface area contributed by atoms with Crippen LogP contribution in [-0.2, 0) is 6.91 Å². The van der Waals surface area contributed by atoms with E-state index in [1.54, 1.807) is 0 Å². The minimum atomic E-state index is -1.72. The molecule has 0 unspecified atom stereocenters. The van der Waals surface area contributed by atoms with E-state index >= 15 is 0 Å². The summed E-state index contributed by atoms with van der Waals surface area (Å²) in [7, 11) is -3.45. The van der Waals surface area contributed by atoms with Gasteiger partial charge in [-0.25, -0.2) is 0 Å². The summed E-state index contributed by atoms with van der Waals surface area (Å²) in [6, 6.07) is 8.48. The van der Waals surface area contributed by atoms with Crippen molar-refractivity contribution in [3.63, 3.8) is 0 Å². The van der Waals surface area contributed by atoms with Crippen LogP contribution in [0.4, 0.5) is 0 Å². The standard InChI is InChI=1S/C36H78GeO2Si2/c1-7-13-19-25-31-40(32-26-20-14-8-2,33-27-21-15-9-3)38-37-39-41(34-28-22-16-10-4,35-29-23-17-11-5)36-30-24-18-12-6/h7-36H2,1-6H3. The molecule has 41 heavy (non-hydrogen) atoms. The molecule has 0 aromatic rings. The predicted molar refractivity (Wildman–Crippen MR) is 193 cm³/mol. The van der Waals surface area contributed by atoms with Gasteiger partial charge >= 0.3 is 272 Å². The monoisotopic (exact) mass is 672 g/mol. The number of rotatable bonds is 34. The molecular weight excluding hydrogens is 593 g/mol. The average molecular weight is 672 g/mol. The molecule has 0 N–H and O–H groups in total. The van der Waals surface area contributed by atoms with Gasteiger partial charge in [-0.1, -0.05) is 0 Å². The van der Waals surface area contributed by atoms with Gasteiger partial charge in [0.05, 0.1) is 0 Å². The molecular formula is C36H78GeO2Si2. The first-order valence-corrected chi connectivity index (χ1v) is 26.0. The maximum absolute atomic E-state index is 7.38. The van der Waals surface area contributed by atoms with Gasteiger partial charge in [0, 0.05) is 0 Å². The third-order valence-corrected chi connectivity index (χ3v) is 24.6. The van der Waals surface area contributed by atoms with Crippen molar-refractivity contribution >= 4 is 32.7 Å². The third-order valence-electron chi connectivity index (χ3n) is 9.43. The van der Waals surface area contributed by atoms with E-state index < -0.39 is 32.7 Å². The van der Waals surface area contributed by atoms with Crippen LogP contribution in [-0.4, -0.2) is 32.7 Å². The fraction of sp³-hybridized carbons (Fsp3) is 1.00. The second kappa shape index (κ2) is 30.9. The molecule has 0 fully saturated rings. The van der Waals surface area contributed by atoms with Gasteiger partial charge in [0.1, 0.15) is 0 Å². The molecule has 2 nitrogen and oxygen atoms in total. The van der Waals surface area contributed by atoms with Crippen LogP contribution >= 0.6 is 0 Å². The summed E-state index contributed by atoms with van der Waals surface area (Å²) in [5, 5.41) is 0. The Morgan fingerprint density at radius 2 is 0.488 bits per heavy atom. The first-order valence-electron chi connectivity index (χ1n) is 19.2. The molecule has 0 aromatic carbocycles. The Morgan fingerprint density at radius 3 is 0.659 bits per heavy atom. The zero-order chi connectivity index (χ0) is 30.3. The van der Waals surface area contributed by atoms with Gasteiger partial charge in [-0.2, -0.15) is 0 Å². The first-order chi connectivity index (χ1) is 20.1. The summed E-state index contributed by atoms with van der Waals surface area (Å²) in [5.74, 6) is 0. The van der Waals surface area contributed by atoms with Crippen molar-refractivity contribution in [2.45, 2.75) is 232 Å². The molecule has 0 rings (SSSR count). The molecule has 0 heterocycles. The molecule has 2 radical (unpaired) electrons. The molecule has 0 saturated heterocycles. The fourth-order valence-corrected chi connectivity index (χ4v) is 21.4. The summed E-state index contributed by atoms with van der Waals surface area (Å²) in [6.45, 7) is 14.1. The normalized spacial score (nSPS) is 12.4. The van der Waals surface area contributed by atoms with Crippen LogP contribution in [0.15, 0.2) is 0 Å². The van der Waals surface area contributed by atoms with Crippen LogP contribution in [0.5, 0.6) is 0 Å². The molecule has 0 amide bonds. The Bertz CT molecular complexity index is 413. The second-order valence-electron chi connectivity index (χ2n) is 13.5. The van der Waals surface area contributed by atoms with Gasteiger partial charge in [-0.15, -0.1) is 0 Å². The molecule has 0 bridgehead atoms. The van der Waals surface area contributed by atoms with Gasteiger partial charge in [0.15, 0.2) is 0 Å². The summed E-state index contributed by atoms with van der Waals surface area (Å²) in [4.78, 5) is 0. The first kappa shape index (κ1) is 41.9. The van der Waals surface area contributed by atoms with Crippen LogP contribution in [0.1, 0.15) is 196 Å². The van der Waals surface area contributed by atoms with Crippen LogP contribution in [0.2, 0.25) is 36.3 Å². The molecule has 0 aliphatic rings. The van der Waals surface area contributed by atoms with E-state index in [-0.39, 0.29) is 0 Å². The quantitative estimate of drug-likeness (QED) is 0.0501. The van der Waals surface area contributed by atoms with E-state index in [2.05, 4.69) is 41.5 Å². The van der Waals surface area contributed by atoms with E-state index in [4.69, 9.17) is 6.91 Å². The van der Waals surface area contributed by atoms with Crippen molar-refractivity contribution in [3.8, 4) is 0 Å². The van der Waals surface area contributed by atoms with Gasteiger partial charge in [0.25, 0.3) is 0 Å². The van der Waals surface area contributed by atoms with Crippen molar-refractivity contribution in [1.29, 1.82) is 0 Å². The zero-order valence-electron chi connectivity index (χ0n) is 29.5. The minimum absolute atomic E-state index is 0.755. The van der Waals surface area contributed by atoms with Crippen molar-refractivity contribution in [2.24, 2.45) is 0 Å². The van der Waals surface area contributed by atoms with Crippen molar-refractivity contribution in [2.75, 3.05) is 0 Å². The van der Waals surface area contributed by atoms with Crippen LogP contribution in [0.3, 0.4) is 0 Å². The maximum atomic E-state index is 7.38. The van der Waals surface area contributed by atoms with Crippen LogP contribution < -0.4 is 0 Å². The van der Waals surface area contributed by atoms with Gasteiger partial charge < -0.3 is 0 Å². The molecule has 0 aliphatic heterocycles. The van der Waals surface area contributed by atoms with Gasteiger partial charge in [-0.05, 0) is 0 Å². The third kappa shape index (κ3) is 23.9. The Morgan fingerprint density at radius 1 is 0.293 bits per heavy atom. The van der Waals surface area contributed by atoms with E-state index in [9.17, 15) is 0 Å². The predicted octanol–water partition coefficient (Wildman–Crippen LogP) is 13.9. The zero-order valence-corrected chi connectivity index (χ0v) is 33.6. The molecule has 5 heteroatoms. The second-order valence-corrected chi connectivity index (χ2v) is 24.6. The Kier molecular flexibility index (Phi) is 31.6. The van der Waals surface area contributed by atoms with E-state index in [1.165, 1.54) is 190 Å². The topological polar surface area (TPSA) is 18.5 Å². The van der Waals surface area contributed by atoms with Crippen LogP contribution in [0.25, 0.3) is 0 Å². The van der Waals surface area contributed by atoms with Gasteiger partial charge in [-0.3, -0.25) is 0 Å². The van der Waals surface area contributed by atoms with E-state index in [0.29, 0.717) is 0 Å². The Hall–Kier alpha value is 0.897. The molecule has 0 aromatic heterocycles. The number of hydrogen-bond donors (Lipinski definition) is 0. The van der Waals surface area contributed by atoms with Crippen molar-refractivity contribution in [1.82, 2.24) is 0 Å². The average Bonchev–Trinajstić information content (AvgIpc) is 2.98. The molecule has 246 valence electrons. The summed E-state index contributed by atoms with van der Waals surface area (Å²) >= 11 is -0.755. The molecule has 0 aliphatic carbocycles. The summed E-state index contributed by atoms with van der Waals surface area (Å²) in [6.07, 6.45) is 33.2. The Balaban J connectivity index is 5.70. The van der Waals surface area contributed by atoms with E-state index in [1.807, 2.05) is 0 Å². The molecule has 0 spiro atoms. The SMILES string of the molecule is CCCCCC[Si](CCCCCC)(CCCCCC)[O][Ge][O][Si](CCCCCC)(CCCCCC)CCCCCC.